The van der Waals surface area contributed by atoms with E-state index >= 15 is 0 Å². The van der Waals surface area contributed by atoms with Crippen molar-refractivity contribution in [2.75, 3.05) is 13.2 Å². The van der Waals surface area contributed by atoms with Gasteiger partial charge in [-0.1, -0.05) is 55.8 Å². The molecule has 2 rings (SSSR count). The molecule has 1 saturated heterocycles. The summed E-state index contributed by atoms with van der Waals surface area (Å²) in [5, 5.41) is 0. The van der Waals surface area contributed by atoms with Gasteiger partial charge in [0.2, 0.25) is 0 Å². The molecule has 0 atom stereocenters. The summed E-state index contributed by atoms with van der Waals surface area (Å²) >= 11 is 0. The van der Waals surface area contributed by atoms with Crippen molar-refractivity contribution in [1.82, 2.24) is 0 Å². The van der Waals surface area contributed by atoms with Crippen LogP contribution < -0.4 is 0 Å². The molecule has 2 nitrogen and oxygen atoms in total. The fourth-order valence-electron chi connectivity index (χ4n) is 2.03. The van der Waals surface area contributed by atoms with E-state index in [0.29, 0.717) is 0 Å². The van der Waals surface area contributed by atoms with Gasteiger partial charge in [0.25, 0.3) is 0 Å². The van der Waals surface area contributed by atoms with Crippen LogP contribution in [0, 0.1) is 88.7 Å². The molecule has 0 aromatic rings. The second-order valence-corrected chi connectivity index (χ2v) is 16.9. The predicted molar refractivity (Wildman–Crippen MR) is 105 cm³/mol. The van der Waals surface area contributed by atoms with Gasteiger partial charge in [-0.05, 0) is 64.2 Å². The molecule has 5 heteroatoms. The molecule has 2 aliphatic rings. The molecule has 8 radical (unpaired) electrons. The standard InChI is InChI=1S/C8H8.C6H18NSi2.C4H8O.Er/c1-2-4-6-8-7-5-3-1;1-8(2,3)7-9(4,5)6;1-2-4-5-3-1;/h1-8H;1-6H3;1-4H2;/q;-1;;. The first-order valence-electron chi connectivity index (χ1n) is 8.19. The molecule has 0 aromatic carbocycles. The zero-order valence-electron chi connectivity index (χ0n) is 15.6. The summed E-state index contributed by atoms with van der Waals surface area (Å²) in [6, 6.07) is 0. The maximum absolute atomic E-state index is 4.94. The van der Waals surface area contributed by atoms with Crippen molar-refractivity contribution in [3.8, 4) is 0 Å². The summed E-state index contributed by atoms with van der Waals surface area (Å²) in [5.74, 6) is 0. The topological polar surface area (TPSA) is 23.3 Å². The van der Waals surface area contributed by atoms with Gasteiger partial charge in [0.15, 0.2) is 0 Å². The molecule has 1 aliphatic heterocycles. The Morgan fingerprint density at radius 3 is 0.957 bits per heavy atom. The first-order valence-corrected chi connectivity index (χ1v) is 15.1. The molecular weight excluding hydrogens is 470 g/mol. The summed E-state index contributed by atoms with van der Waals surface area (Å²) in [4.78, 5) is 0. The van der Waals surface area contributed by atoms with E-state index < -0.39 is 16.5 Å². The van der Waals surface area contributed by atoms with Crippen molar-refractivity contribution >= 4 is 16.5 Å². The third kappa shape index (κ3) is 25.9. The molecule has 2 fully saturated rings. The molecule has 0 aromatic heterocycles. The summed E-state index contributed by atoms with van der Waals surface area (Å²) in [7, 11) is -2.21. The molecule has 1 heterocycles. The Morgan fingerprint density at radius 1 is 0.609 bits per heavy atom. The zero-order valence-corrected chi connectivity index (χ0v) is 19.4. The van der Waals surface area contributed by atoms with Crippen LogP contribution in [0.2, 0.25) is 39.3 Å². The SMILES string of the molecule is C1CCOC1.C[Si](C)(C)[N-][Si](C)(C)C.[CH]1[CH][CH][CH][CH][CH][CH][CH]1.[Er]. The quantitative estimate of drug-likeness (QED) is 0.459. The first-order chi connectivity index (χ1) is 10.2. The smallest absolute Gasteiger partial charge is 0.0466 e. The predicted octanol–water partition coefficient (Wildman–Crippen LogP) is 5.46. The molecule has 0 bridgehead atoms. The molecule has 138 valence electrons. The van der Waals surface area contributed by atoms with Crippen LogP contribution in [-0.2, 0) is 4.74 Å². The average molecular weight is 504 g/mol. The Balaban J connectivity index is 0. The average Bonchev–Trinajstić information content (AvgIpc) is 2.80. The van der Waals surface area contributed by atoms with Crippen LogP contribution >= 0.6 is 0 Å². The Bertz CT molecular complexity index is 205. The van der Waals surface area contributed by atoms with Gasteiger partial charge in [0.05, 0.1) is 0 Å². The molecule has 0 unspecified atom stereocenters. The summed E-state index contributed by atoms with van der Waals surface area (Å²) in [6.07, 6.45) is 18.6. The maximum atomic E-state index is 4.94. The molecule has 1 aliphatic carbocycles. The summed E-state index contributed by atoms with van der Waals surface area (Å²) in [5.41, 5.74) is 0. The number of ether oxygens (including phenoxy) is 1. The minimum absolute atomic E-state index is 0. The molecule has 0 N–H and O–H groups in total. The third-order valence-electron chi connectivity index (χ3n) is 2.39. The second kappa shape index (κ2) is 15.8. The largest absolute Gasteiger partial charge is 0.668 e. The summed E-state index contributed by atoms with van der Waals surface area (Å²) in [6.45, 7) is 15.8. The van der Waals surface area contributed by atoms with Gasteiger partial charge in [0.1, 0.15) is 0 Å². The van der Waals surface area contributed by atoms with E-state index in [2.05, 4.69) is 39.3 Å². The molecule has 0 amide bonds. The van der Waals surface area contributed by atoms with E-state index in [4.69, 9.17) is 9.38 Å². The van der Waals surface area contributed by atoms with Gasteiger partial charge >= 0.3 is 0 Å². The third-order valence-corrected chi connectivity index (χ3v) is 7.75. The fourth-order valence-corrected chi connectivity index (χ4v) is 10.1. The molecule has 23 heavy (non-hydrogen) atoms. The van der Waals surface area contributed by atoms with E-state index in [1.165, 1.54) is 12.8 Å². The van der Waals surface area contributed by atoms with Crippen LogP contribution in [0.15, 0.2) is 0 Å². The van der Waals surface area contributed by atoms with Crippen LogP contribution in [0.5, 0.6) is 0 Å². The number of hydrogen-bond acceptors (Lipinski definition) is 1. The minimum atomic E-state index is -1.11. The Kier molecular flexibility index (Phi) is 18.5. The van der Waals surface area contributed by atoms with Crippen molar-refractivity contribution in [3.05, 3.63) is 56.0 Å². The van der Waals surface area contributed by atoms with Crippen molar-refractivity contribution in [2.45, 2.75) is 52.1 Å². The fraction of sp³-hybridized carbons (Fsp3) is 0.556. The number of rotatable bonds is 2. The monoisotopic (exact) mass is 502 g/mol. The van der Waals surface area contributed by atoms with Crippen LogP contribution in [-0.4, -0.2) is 29.7 Å². The maximum Gasteiger partial charge on any atom is 0.0466 e. The van der Waals surface area contributed by atoms with Crippen molar-refractivity contribution in [3.63, 3.8) is 0 Å². The number of nitrogens with zero attached hydrogens (tertiary/aromatic N) is 1. The normalized spacial score (nSPS) is 19.0. The van der Waals surface area contributed by atoms with Crippen molar-refractivity contribution in [1.29, 1.82) is 0 Å². The van der Waals surface area contributed by atoms with E-state index in [-0.39, 0.29) is 37.3 Å². The second-order valence-electron chi connectivity index (χ2n) is 7.31. The van der Waals surface area contributed by atoms with Crippen LogP contribution in [0.1, 0.15) is 12.8 Å². The number of hydrogen-bond donors (Lipinski definition) is 0. The van der Waals surface area contributed by atoms with Gasteiger partial charge in [-0.3, -0.25) is 0 Å². The Morgan fingerprint density at radius 2 is 0.870 bits per heavy atom. The van der Waals surface area contributed by atoms with Gasteiger partial charge in [-0.15, -0.1) is 0 Å². The van der Waals surface area contributed by atoms with E-state index in [1.54, 1.807) is 0 Å². The molecule has 1 saturated carbocycles. The Hall–Kier alpha value is 1.60. The molecular formula is C18H34ErNOSi2-. The minimum Gasteiger partial charge on any atom is -0.668 e. The van der Waals surface area contributed by atoms with E-state index in [0.717, 1.165) is 13.2 Å². The van der Waals surface area contributed by atoms with Gasteiger partial charge in [0, 0.05) is 50.5 Å². The summed E-state index contributed by atoms with van der Waals surface area (Å²) < 4.78 is 9.76. The van der Waals surface area contributed by atoms with E-state index in [1.807, 2.05) is 51.4 Å². The van der Waals surface area contributed by atoms with Gasteiger partial charge in [-0.2, -0.15) is 0 Å². The van der Waals surface area contributed by atoms with Gasteiger partial charge in [-0.25, -0.2) is 0 Å². The Labute approximate surface area is 178 Å². The van der Waals surface area contributed by atoms with Crippen LogP contribution in [0.25, 0.3) is 4.65 Å². The zero-order chi connectivity index (χ0) is 16.9. The van der Waals surface area contributed by atoms with Crippen LogP contribution in [0.4, 0.5) is 0 Å². The van der Waals surface area contributed by atoms with Crippen molar-refractivity contribution in [2.24, 2.45) is 0 Å². The first kappa shape index (κ1) is 26.8. The molecule has 0 spiro atoms. The van der Waals surface area contributed by atoms with Crippen molar-refractivity contribution < 1.29 is 42.0 Å². The van der Waals surface area contributed by atoms with Gasteiger partial charge < -0.3 is 9.38 Å². The van der Waals surface area contributed by atoms with Crippen LogP contribution in [0.3, 0.4) is 0 Å². The van der Waals surface area contributed by atoms with E-state index in [9.17, 15) is 0 Å².